The normalized spacial score (nSPS) is 22.6. The molecule has 2 aliphatic rings. The van der Waals surface area contributed by atoms with E-state index in [0.717, 1.165) is 23.1 Å². The number of likely N-dealkylation sites (tertiary alicyclic amines) is 1. The van der Waals surface area contributed by atoms with Gasteiger partial charge in [-0.1, -0.05) is 22.0 Å². The van der Waals surface area contributed by atoms with Crippen LogP contribution < -0.4 is 5.32 Å². The fourth-order valence-electron chi connectivity index (χ4n) is 2.76. The van der Waals surface area contributed by atoms with Crippen LogP contribution >= 0.6 is 15.9 Å². The molecule has 1 aromatic rings. The van der Waals surface area contributed by atoms with E-state index in [2.05, 4.69) is 21.2 Å². The minimum absolute atomic E-state index is 0.234. The van der Waals surface area contributed by atoms with Crippen molar-refractivity contribution in [3.8, 4) is 0 Å². The standard InChI is InChI=1S/C15H18BrFN2O/c16-14-6-12(17)2-1-11(14)8-18-7-10-5-15(20)19(9-10)13-3-4-13/h1-2,6,10,13,18H,3-5,7-9H2. The number of halogens is 2. The van der Waals surface area contributed by atoms with Gasteiger partial charge in [0.15, 0.2) is 0 Å². The van der Waals surface area contributed by atoms with E-state index in [-0.39, 0.29) is 5.82 Å². The van der Waals surface area contributed by atoms with Gasteiger partial charge in [-0.25, -0.2) is 4.39 Å². The lowest BCUT2D eigenvalue weighted by molar-refractivity contribution is -0.128. The number of amides is 1. The zero-order valence-electron chi connectivity index (χ0n) is 11.2. The highest BCUT2D eigenvalue weighted by Crippen LogP contribution is 2.32. The monoisotopic (exact) mass is 340 g/mol. The lowest BCUT2D eigenvalue weighted by atomic mass is 10.1. The van der Waals surface area contributed by atoms with Crippen LogP contribution in [0.4, 0.5) is 4.39 Å². The third-order valence-corrected chi connectivity index (χ3v) is 4.73. The maximum atomic E-state index is 13.0. The second-order valence-electron chi connectivity index (χ2n) is 5.71. The first-order chi connectivity index (χ1) is 9.63. The molecule has 108 valence electrons. The fourth-order valence-corrected chi connectivity index (χ4v) is 3.25. The number of benzene rings is 1. The lowest BCUT2D eigenvalue weighted by Crippen LogP contribution is -2.29. The smallest absolute Gasteiger partial charge is 0.223 e. The molecule has 1 amide bonds. The minimum atomic E-state index is -0.234. The van der Waals surface area contributed by atoms with Crippen molar-refractivity contribution in [3.05, 3.63) is 34.1 Å². The summed E-state index contributed by atoms with van der Waals surface area (Å²) in [4.78, 5) is 13.9. The molecule has 1 aliphatic heterocycles. The highest BCUT2D eigenvalue weighted by molar-refractivity contribution is 9.10. The first-order valence-corrected chi connectivity index (χ1v) is 7.87. The van der Waals surface area contributed by atoms with Crippen LogP contribution in [0.2, 0.25) is 0 Å². The molecular weight excluding hydrogens is 323 g/mol. The van der Waals surface area contributed by atoms with Crippen molar-refractivity contribution in [1.82, 2.24) is 10.2 Å². The predicted octanol–water partition coefficient (Wildman–Crippen LogP) is 2.69. The number of carbonyl (C=O) groups excluding carboxylic acids is 1. The van der Waals surface area contributed by atoms with Gasteiger partial charge in [0.25, 0.3) is 0 Å². The molecule has 0 spiro atoms. The van der Waals surface area contributed by atoms with E-state index in [0.29, 0.717) is 30.8 Å². The average molecular weight is 341 g/mol. The molecule has 0 bridgehead atoms. The van der Waals surface area contributed by atoms with Crippen LogP contribution in [0.25, 0.3) is 0 Å². The summed E-state index contributed by atoms with van der Waals surface area (Å²) in [5.41, 5.74) is 1.04. The largest absolute Gasteiger partial charge is 0.339 e. The Morgan fingerprint density at radius 1 is 1.40 bits per heavy atom. The van der Waals surface area contributed by atoms with Crippen LogP contribution in [0.5, 0.6) is 0 Å². The van der Waals surface area contributed by atoms with Crippen LogP contribution in [0.1, 0.15) is 24.8 Å². The van der Waals surface area contributed by atoms with E-state index < -0.39 is 0 Å². The molecule has 1 N–H and O–H groups in total. The molecule has 0 radical (unpaired) electrons. The third kappa shape index (κ3) is 3.20. The summed E-state index contributed by atoms with van der Waals surface area (Å²) in [5, 5.41) is 3.37. The molecule has 1 saturated heterocycles. The molecule has 3 rings (SSSR count). The molecule has 1 heterocycles. The second kappa shape index (κ2) is 5.82. The van der Waals surface area contributed by atoms with E-state index in [9.17, 15) is 9.18 Å². The number of nitrogens with one attached hydrogen (secondary N) is 1. The van der Waals surface area contributed by atoms with Gasteiger partial charge >= 0.3 is 0 Å². The van der Waals surface area contributed by atoms with Gasteiger partial charge in [0.1, 0.15) is 5.82 Å². The Labute approximate surface area is 126 Å². The molecule has 2 fully saturated rings. The van der Waals surface area contributed by atoms with Crippen LogP contribution in [0, 0.1) is 11.7 Å². The van der Waals surface area contributed by atoms with E-state index in [1.165, 1.54) is 25.0 Å². The first kappa shape index (κ1) is 14.0. The Balaban J connectivity index is 1.47. The van der Waals surface area contributed by atoms with Gasteiger partial charge in [0.2, 0.25) is 5.91 Å². The Kier molecular flexibility index (Phi) is 4.08. The lowest BCUT2D eigenvalue weighted by Gasteiger charge is -2.16. The maximum absolute atomic E-state index is 13.0. The van der Waals surface area contributed by atoms with Gasteiger partial charge in [0, 0.05) is 36.6 Å². The van der Waals surface area contributed by atoms with Crippen LogP contribution in [-0.2, 0) is 11.3 Å². The molecule has 0 aromatic heterocycles. The van der Waals surface area contributed by atoms with Gasteiger partial charge in [-0.15, -0.1) is 0 Å². The number of nitrogens with zero attached hydrogens (tertiary/aromatic N) is 1. The van der Waals surface area contributed by atoms with Crippen molar-refractivity contribution < 1.29 is 9.18 Å². The Morgan fingerprint density at radius 3 is 2.90 bits per heavy atom. The van der Waals surface area contributed by atoms with Crippen molar-refractivity contribution in [1.29, 1.82) is 0 Å². The number of rotatable bonds is 5. The van der Waals surface area contributed by atoms with Crippen LogP contribution in [-0.4, -0.2) is 29.9 Å². The van der Waals surface area contributed by atoms with E-state index in [4.69, 9.17) is 0 Å². The van der Waals surface area contributed by atoms with Crippen LogP contribution in [0.3, 0.4) is 0 Å². The zero-order valence-corrected chi connectivity index (χ0v) is 12.8. The average Bonchev–Trinajstić information content (AvgIpc) is 3.17. The molecule has 1 atom stereocenters. The molecular formula is C15H18BrFN2O. The highest BCUT2D eigenvalue weighted by Gasteiger charge is 2.38. The fraction of sp³-hybridized carbons (Fsp3) is 0.533. The van der Waals surface area contributed by atoms with E-state index >= 15 is 0 Å². The molecule has 1 aromatic carbocycles. The highest BCUT2D eigenvalue weighted by atomic mass is 79.9. The van der Waals surface area contributed by atoms with Crippen molar-refractivity contribution in [3.63, 3.8) is 0 Å². The van der Waals surface area contributed by atoms with Gasteiger partial charge in [-0.3, -0.25) is 4.79 Å². The second-order valence-corrected chi connectivity index (χ2v) is 6.57. The van der Waals surface area contributed by atoms with Crippen molar-refractivity contribution in [2.24, 2.45) is 5.92 Å². The Bertz CT molecular complexity index is 519. The summed E-state index contributed by atoms with van der Waals surface area (Å²) in [6.45, 7) is 2.41. The van der Waals surface area contributed by atoms with Crippen molar-refractivity contribution in [2.75, 3.05) is 13.1 Å². The number of carbonyl (C=O) groups is 1. The summed E-state index contributed by atoms with van der Waals surface area (Å²) >= 11 is 3.36. The SMILES string of the molecule is O=C1CC(CNCc2ccc(F)cc2Br)CN1C1CC1. The molecule has 3 nitrogen and oxygen atoms in total. The van der Waals surface area contributed by atoms with Crippen molar-refractivity contribution >= 4 is 21.8 Å². The first-order valence-electron chi connectivity index (χ1n) is 7.07. The molecule has 5 heteroatoms. The van der Waals surface area contributed by atoms with Gasteiger partial charge in [0.05, 0.1) is 0 Å². The molecule has 1 unspecified atom stereocenters. The predicted molar refractivity (Wildman–Crippen MR) is 78.6 cm³/mol. The summed E-state index contributed by atoms with van der Waals surface area (Å²) in [6.07, 6.45) is 3.01. The van der Waals surface area contributed by atoms with Gasteiger partial charge in [-0.05, 0) is 36.5 Å². The topological polar surface area (TPSA) is 32.3 Å². The minimum Gasteiger partial charge on any atom is -0.339 e. The third-order valence-electron chi connectivity index (χ3n) is 3.99. The van der Waals surface area contributed by atoms with E-state index in [1.54, 1.807) is 6.07 Å². The van der Waals surface area contributed by atoms with E-state index in [1.807, 2.05) is 4.90 Å². The number of hydrogen-bond donors (Lipinski definition) is 1. The van der Waals surface area contributed by atoms with Crippen LogP contribution in [0.15, 0.2) is 22.7 Å². The Morgan fingerprint density at radius 2 is 2.20 bits per heavy atom. The molecule has 1 saturated carbocycles. The maximum Gasteiger partial charge on any atom is 0.223 e. The summed E-state index contributed by atoms with van der Waals surface area (Å²) < 4.78 is 13.8. The molecule has 1 aliphatic carbocycles. The zero-order chi connectivity index (χ0) is 14.1. The van der Waals surface area contributed by atoms with Gasteiger partial charge < -0.3 is 10.2 Å². The number of hydrogen-bond acceptors (Lipinski definition) is 2. The quantitative estimate of drug-likeness (QED) is 0.893. The van der Waals surface area contributed by atoms with Gasteiger partial charge in [-0.2, -0.15) is 0 Å². The summed E-state index contributed by atoms with van der Waals surface area (Å²) in [5.74, 6) is 0.478. The summed E-state index contributed by atoms with van der Waals surface area (Å²) in [6, 6.07) is 5.25. The molecule has 20 heavy (non-hydrogen) atoms. The summed E-state index contributed by atoms with van der Waals surface area (Å²) in [7, 11) is 0. The Hall–Kier alpha value is -0.940. The van der Waals surface area contributed by atoms with Crippen molar-refractivity contribution in [2.45, 2.75) is 31.8 Å².